The molecule has 1 saturated heterocycles. The minimum Gasteiger partial charge on any atom is -0.497 e. The number of ether oxygens (including phenoxy) is 1. The number of nitrogens with one attached hydrogen (secondary N) is 8. The number of aliphatic carboxylic acids is 1. The van der Waals surface area contributed by atoms with Gasteiger partial charge in [0.2, 0.25) is 47.3 Å². The molecule has 0 aliphatic carbocycles. The summed E-state index contributed by atoms with van der Waals surface area (Å²) in [5.41, 5.74) is 13.9. The van der Waals surface area contributed by atoms with Crippen molar-refractivity contribution in [3.63, 3.8) is 0 Å². The van der Waals surface area contributed by atoms with Crippen LogP contribution in [0.1, 0.15) is 112 Å². The van der Waals surface area contributed by atoms with Gasteiger partial charge in [-0.1, -0.05) is 18.2 Å². The minimum atomic E-state index is -1.91. The van der Waals surface area contributed by atoms with E-state index in [0.717, 1.165) is 0 Å². The Hall–Kier alpha value is -9.81. The molecule has 4 aromatic carbocycles. The van der Waals surface area contributed by atoms with Gasteiger partial charge in [-0.2, -0.15) is 23.5 Å². The number of methoxy groups -OCH3 is 1. The number of hydrogen-bond donors (Lipinski definition) is 11. The number of ketones is 2. The summed E-state index contributed by atoms with van der Waals surface area (Å²) in [5.74, 6) is -13.2. The first-order valence-electron chi connectivity index (χ1n) is 34.4. The van der Waals surface area contributed by atoms with Crippen LogP contribution in [0.4, 0.5) is 13.2 Å². The lowest BCUT2D eigenvalue weighted by Crippen LogP contribution is -2.62. The Morgan fingerprint density at radius 1 is 0.683 bits per heavy atom. The van der Waals surface area contributed by atoms with Crippen LogP contribution in [-0.4, -0.2) is 164 Å². The molecule has 2 bridgehead atoms. The van der Waals surface area contributed by atoms with E-state index in [9.17, 15) is 38.3 Å². The smallest absolute Gasteiger partial charge is 0.305 e. The van der Waals surface area contributed by atoms with E-state index in [1.165, 1.54) is 117 Å². The summed E-state index contributed by atoms with van der Waals surface area (Å²) in [6, 6.07) is 10.0. The molecule has 0 unspecified atom stereocenters. The van der Waals surface area contributed by atoms with Crippen LogP contribution in [0, 0.1) is 29.3 Å². The van der Waals surface area contributed by atoms with Crippen LogP contribution in [0.25, 0.3) is 21.8 Å². The van der Waals surface area contributed by atoms with Crippen molar-refractivity contribution in [2.75, 3.05) is 31.7 Å². The number of rotatable bonds is 16. The number of H-pyrrole nitrogens is 2. The van der Waals surface area contributed by atoms with E-state index in [1.807, 2.05) is 0 Å². The number of carboxylic acids is 1. The molecule has 13 N–H and O–H groups in total. The molecule has 3 aliphatic heterocycles. The topological polar surface area (TPSA) is 389 Å². The number of benzene rings is 4. The van der Waals surface area contributed by atoms with E-state index in [0.29, 0.717) is 69.3 Å². The van der Waals surface area contributed by atoms with E-state index >= 15 is 32.8 Å². The van der Waals surface area contributed by atoms with Gasteiger partial charge in [-0.25, -0.2) is 13.2 Å². The van der Waals surface area contributed by atoms with Gasteiger partial charge in [0, 0.05) is 127 Å². The highest BCUT2D eigenvalue weighted by atomic mass is 32.2. The predicted octanol–water partition coefficient (Wildman–Crippen LogP) is 5.97. The number of amides is 8. The van der Waals surface area contributed by atoms with Gasteiger partial charge >= 0.3 is 5.97 Å². The number of allylic oxidation sites excluding steroid dienone is 1. The average molecular weight is 1470 g/mol. The zero-order valence-electron chi connectivity index (χ0n) is 57.9. The molecular formula is C74H87F3N12O13S2. The highest BCUT2D eigenvalue weighted by Gasteiger charge is 2.49. The van der Waals surface area contributed by atoms with Crippen LogP contribution in [0.5, 0.6) is 5.75 Å². The number of halogens is 3. The zero-order chi connectivity index (χ0) is 74.8. The first kappa shape index (κ1) is 78.3. The number of carboxylic acid groups (broad SMARTS) is 1. The molecule has 0 saturated carbocycles. The summed E-state index contributed by atoms with van der Waals surface area (Å²) in [4.78, 5) is 171. The van der Waals surface area contributed by atoms with Crippen LogP contribution in [0.2, 0.25) is 0 Å². The molecule has 0 radical (unpaired) electrons. The molecule has 6 aromatic rings. The lowest BCUT2D eigenvalue weighted by molar-refractivity contribution is -0.147. The number of unbranched alkanes of at least 4 members (excludes halogenated alkanes) is 1. The first-order chi connectivity index (χ1) is 49.8. The van der Waals surface area contributed by atoms with E-state index in [1.54, 1.807) is 36.5 Å². The fourth-order valence-electron chi connectivity index (χ4n) is 13.2. The van der Waals surface area contributed by atoms with Crippen LogP contribution in [-0.2, 0) is 83.5 Å². The van der Waals surface area contributed by atoms with Gasteiger partial charge in [0.25, 0.3) is 0 Å². The maximum absolute atomic E-state index is 15.3. The Morgan fingerprint density at radius 3 is 1.92 bits per heavy atom. The molecule has 554 valence electrons. The highest BCUT2D eigenvalue weighted by Crippen LogP contribution is 2.33. The predicted molar refractivity (Wildman–Crippen MR) is 387 cm³/mol. The van der Waals surface area contributed by atoms with E-state index < -0.39 is 162 Å². The molecular weight excluding hydrogens is 1390 g/mol. The number of primary amides is 1. The second-order valence-corrected chi connectivity index (χ2v) is 28.9. The van der Waals surface area contributed by atoms with Gasteiger partial charge in [-0.15, -0.1) is 0 Å². The van der Waals surface area contributed by atoms with Crippen molar-refractivity contribution in [1.29, 1.82) is 0 Å². The van der Waals surface area contributed by atoms with Crippen molar-refractivity contribution in [2.24, 2.45) is 28.3 Å². The number of nitrogens with two attached hydrogens (primary N) is 2. The Balaban J connectivity index is 1.07. The van der Waals surface area contributed by atoms with Gasteiger partial charge in [0.1, 0.15) is 52.9 Å². The number of aromatic nitrogens is 2. The molecule has 104 heavy (non-hydrogen) atoms. The van der Waals surface area contributed by atoms with Gasteiger partial charge in [-0.05, 0) is 159 Å². The normalized spacial score (nSPS) is 23.8. The van der Waals surface area contributed by atoms with Crippen molar-refractivity contribution >= 4 is 116 Å². The molecule has 30 heteroatoms. The molecule has 9 rings (SSSR count). The van der Waals surface area contributed by atoms with Gasteiger partial charge in [0.15, 0.2) is 11.6 Å². The van der Waals surface area contributed by atoms with Crippen LogP contribution < -0.4 is 48.1 Å². The monoisotopic (exact) mass is 1470 g/mol. The molecule has 1 fully saturated rings. The van der Waals surface area contributed by atoms with Crippen LogP contribution in [0.15, 0.2) is 108 Å². The summed E-state index contributed by atoms with van der Waals surface area (Å²) in [7, 11) is 1.47. The number of hydrogen-bond acceptors (Lipinski definition) is 16. The number of fused-ring (bicyclic) bond motifs is 5. The third-order valence-electron chi connectivity index (χ3n) is 18.9. The Bertz CT molecular complexity index is 4250. The lowest BCUT2D eigenvalue weighted by Gasteiger charge is -2.37. The third-order valence-corrected chi connectivity index (χ3v) is 21.1. The van der Waals surface area contributed by atoms with Crippen LogP contribution >= 0.6 is 23.5 Å². The number of carbonyl (C=O) groups excluding carboxylic acids is 10. The highest BCUT2D eigenvalue weighted by molar-refractivity contribution is 7.98. The average Bonchev–Trinajstić information content (AvgIpc) is 1.58. The maximum Gasteiger partial charge on any atom is 0.305 e. The summed E-state index contributed by atoms with van der Waals surface area (Å²) in [5, 5.41) is 27.4. The molecule has 5 heterocycles. The molecule has 2 aromatic heterocycles. The molecule has 25 nitrogen and oxygen atoms in total. The number of Topliss-reactive ketones (excluding diaryl/α,β-unsaturated/α-hetero) is 2. The number of nitrogens with zero attached hydrogens (tertiary/aromatic N) is 2. The van der Waals surface area contributed by atoms with Crippen molar-refractivity contribution in [1.82, 2.24) is 46.8 Å². The van der Waals surface area contributed by atoms with Crippen molar-refractivity contribution in [3.05, 3.63) is 148 Å². The number of aliphatic imine (C=N–C) groups is 1. The summed E-state index contributed by atoms with van der Waals surface area (Å²) < 4.78 is 50.6. The van der Waals surface area contributed by atoms with E-state index in [-0.39, 0.29) is 92.0 Å². The SMILES string of the molecule is COc1ccc(C[C@@H]2NC(=O)[C@H](CC3=CN=CC3)CC(=O)[C@H](CC(=O)O)NC(=O)[C@H](Cc3c[nH]c4ccc(F)cc34)NC(=O)[C@H](Cc3c[nH]c4ccc(F)cc34)CC(=O)[C@@H](C)NC(=O)[C@H](CCCCN)NC(=O)CCSCc3cc(F)cc(c3)CSC[C@@H](C(N)=O)NC(=O)[C@]3(C)CCCN3C2=O)cc1. The number of thioether (sulfide) groups is 2. The quantitative estimate of drug-likeness (QED) is 0.0497. The van der Waals surface area contributed by atoms with Gasteiger partial charge in [-0.3, -0.25) is 57.7 Å². The van der Waals surface area contributed by atoms with Gasteiger partial charge in [0.05, 0.1) is 25.6 Å². The summed E-state index contributed by atoms with van der Waals surface area (Å²) in [6.07, 6.45) is 4.26. The number of carbonyl (C=O) groups is 11. The summed E-state index contributed by atoms with van der Waals surface area (Å²) >= 11 is 2.51. The third kappa shape index (κ3) is 21.2. The van der Waals surface area contributed by atoms with E-state index in [4.69, 9.17) is 16.2 Å². The van der Waals surface area contributed by atoms with Crippen molar-refractivity contribution < 1.29 is 75.8 Å². The second-order valence-electron chi connectivity index (χ2n) is 26.7. The molecule has 3 aliphatic rings. The molecule has 9 atom stereocenters. The van der Waals surface area contributed by atoms with Crippen molar-refractivity contribution in [3.8, 4) is 5.75 Å². The van der Waals surface area contributed by atoms with Crippen LogP contribution in [0.3, 0.4) is 0 Å². The molecule has 8 amide bonds. The standard InChI is InChI=1S/C74H87F3N12O13S2/c1-41-63(90)30-47(28-48-36-81-56-14-10-50(75)32-54(48)56)69(97)86-60(29-49-37-82-57-15-11-51(76)33-55(49)57)71(99)85-59(34-66(93)94)64(91)31-46(24-43-16-20-80-35-43)68(96)87-61(27-42-8-12-53(102-3)13-9-42)72(100)89-21-6-18-74(89,2)73(101)88-62(67(79)95)40-104-39-45-23-44(25-52(77)26-45)38-103-22-17-65(92)84-58(70(98)83-41)7-4-5-19-78/h8-15,20,23,25-26,32-33,35-37,41,46-47,58-62,81-82H,4-7,16-19,21-22,24,27-31,34,38-40,78H2,1-3H3,(H2,79,95)(H,83,98)(H,84,92)(H,85,99)(H,86,97)(H,87,96)(H,88,101)(H,93,94)/t41-,46-,47-,58+,59+,60+,61+,62+,74+/m1/s1. The Kier molecular flexibility index (Phi) is 27.5. The first-order valence-corrected chi connectivity index (χ1v) is 36.8. The fourth-order valence-corrected chi connectivity index (χ4v) is 15.0. The van der Waals surface area contributed by atoms with E-state index in [2.05, 4.69) is 46.9 Å². The number of aromatic amines is 2. The second kappa shape index (κ2) is 36.6. The fraction of sp³-hybridized carbons (Fsp3) is 0.432. The molecule has 0 spiro atoms. The maximum atomic E-state index is 15.3. The zero-order valence-corrected chi connectivity index (χ0v) is 59.6. The largest absolute Gasteiger partial charge is 0.497 e. The Morgan fingerprint density at radius 2 is 1.30 bits per heavy atom. The van der Waals surface area contributed by atoms with Crippen molar-refractivity contribution in [2.45, 2.75) is 157 Å². The Labute approximate surface area is 607 Å². The summed E-state index contributed by atoms with van der Waals surface area (Å²) in [6.45, 7) is 3.22. The minimum absolute atomic E-state index is 0.0281. The van der Waals surface area contributed by atoms with Gasteiger partial charge < -0.3 is 68.1 Å². The lowest BCUT2D eigenvalue weighted by atomic mass is 9.89.